The molecule has 0 saturated heterocycles. The molecule has 0 unspecified atom stereocenters. The van der Waals surface area contributed by atoms with Crippen LogP contribution in [0.1, 0.15) is 37.9 Å². The highest BCUT2D eigenvalue weighted by Gasteiger charge is 2.32. The Morgan fingerprint density at radius 3 is 2.19 bits per heavy atom. The van der Waals surface area contributed by atoms with Crippen LogP contribution in [0.5, 0.6) is 0 Å². The molecule has 0 heterocycles. The molecule has 0 spiro atoms. The molecule has 1 N–H and O–H groups in total. The van der Waals surface area contributed by atoms with Gasteiger partial charge in [0, 0.05) is 24.0 Å². The highest BCUT2D eigenvalue weighted by Crippen LogP contribution is 2.26. The fourth-order valence-electron chi connectivity index (χ4n) is 2.79. The lowest BCUT2D eigenvalue weighted by Crippen LogP contribution is -2.44. The largest absolute Gasteiger partial charge is 0.354 e. The molecule has 0 fully saturated rings. The van der Waals surface area contributed by atoms with Crippen molar-refractivity contribution < 1.29 is 9.59 Å². The van der Waals surface area contributed by atoms with Gasteiger partial charge >= 0.3 is 0 Å². The van der Waals surface area contributed by atoms with E-state index >= 15 is 0 Å². The normalized spacial score (nSPS) is 11.9. The van der Waals surface area contributed by atoms with Crippen LogP contribution in [0.2, 0.25) is 5.02 Å². The Morgan fingerprint density at radius 1 is 1.04 bits per heavy atom. The first-order valence-corrected chi connectivity index (χ1v) is 9.19. The smallest absolute Gasteiger partial charge is 0.247 e. The van der Waals surface area contributed by atoms with E-state index in [-0.39, 0.29) is 17.7 Å². The van der Waals surface area contributed by atoms with Gasteiger partial charge in [0.1, 0.15) is 6.04 Å². The minimum absolute atomic E-state index is 0.0694. The zero-order chi connectivity index (χ0) is 19.1. The average Bonchev–Trinajstić information content (AvgIpc) is 2.63. The molecular weight excluding hydrogens is 348 g/mol. The van der Waals surface area contributed by atoms with Crippen molar-refractivity contribution in [1.29, 1.82) is 0 Å². The third-order valence-corrected chi connectivity index (χ3v) is 4.32. The summed E-state index contributed by atoms with van der Waals surface area (Å²) >= 11 is 5.97. The lowest BCUT2D eigenvalue weighted by atomic mass is 10.0. The van der Waals surface area contributed by atoms with Gasteiger partial charge in [0.15, 0.2) is 0 Å². The van der Waals surface area contributed by atoms with Gasteiger partial charge in [0.25, 0.3) is 0 Å². The predicted molar refractivity (Wildman–Crippen MR) is 105 cm³/mol. The maximum absolute atomic E-state index is 13.0. The lowest BCUT2D eigenvalue weighted by molar-refractivity contribution is -0.144. The molecule has 2 amide bonds. The Morgan fingerprint density at radius 2 is 1.65 bits per heavy atom. The number of carbonyl (C=O) groups is 2. The summed E-state index contributed by atoms with van der Waals surface area (Å²) in [5, 5.41) is 3.50. The zero-order valence-electron chi connectivity index (χ0n) is 15.4. The molecule has 1 atom stereocenters. The Balaban J connectivity index is 2.44. The average molecular weight is 373 g/mol. The van der Waals surface area contributed by atoms with Gasteiger partial charge in [-0.05, 0) is 30.2 Å². The van der Waals surface area contributed by atoms with E-state index in [0.717, 1.165) is 11.1 Å². The first kappa shape index (κ1) is 20.0. The molecule has 0 aliphatic rings. The van der Waals surface area contributed by atoms with E-state index in [1.807, 2.05) is 63.2 Å². The minimum Gasteiger partial charge on any atom is -0.354 e. The van der Waals surface area contributed by atoms with Crippen molar-refractivity contribution in [2.75, 3.05) is 6.54 Å². The number of hydrogen-bond donors (Lipinski definition) is 1. The van der Waals surface area contributed by atoms with Gasteiger partial charge in [-0.3, -0.25) is 9.59 Å². The molecule has 0 aromatic heterocycles. The van der Waals surface area contributed by atoms with Crippen molar-refractivity contribution in [2.45, 2.75) is 33.4 Å². The molecule has 0 aliphatic heterocycles. The Bertz CT molecular complexity index is 729. The van der Waals surface area contributed by atoms with E-state index in [1.54, 1.807) is 17.0 Å². The van der Waals surface area contributed by atoms with Gasteiger partial charge in [0.2, 0.25) is 11.8 Å². The second-order valence-corrected chi connectivity index (χ2v) is 6.89. The highest BCUT2D eigenvalue weighted by molar-refractivity contribution is 6.30. The van der Waals surface area contributed by atoms with Gasteiger partial charge in [0.05, 0.1) is 0 Å². The summed E-state index contributed by atoms with van der Waals surface area (Å²) in [7, 11) is 0. The third-order valence-electron chi connectivity index (χ3n) is 4.07. The first-order chi connectivity index (χ1) is 12.4. The molecular formula is C21H25ClN2O2. The monoisotopic (exact) mass is 372 g/mol. The molecule has 0 bridgehead atoms. The van der Waals surface area contributed by atoms with E-state index in [9.17, 15) is 9.59 Å². The van der Waals surface area contributed by atoms with Gasteiger partial charge in [-0.25, -0.2) is 0 Å². The van der Waals surface area contributed by atoms with E-state index in [4.69, 9.17) is 11.6 Å². The van der Waals surface area contributed by atoms with Crippen LogP contribution < -0.4 is 5.32 Å². The SMILES string of the molecule is CCNC(=O)[C@@H](c1ccccc1)N(Cc1ccc(Cl)cc1)C(=O)C(C)C. The molecule has 2 rings (SSSR count). The maximum Gasteiger partial charge on any atom is 0.247 e. The van der Waals surface area contributed by atoms with Crippen LogP contribution >= 0.6 is 11.6 Å². The fraction of sp³-hybridized carbons (Fsp3) is 0.333. The first-order valence-electron chi connectivity index (χ1n) is 8.81. The molecule has 0 aliphatic carbocycles. The van der Waals surface area contributed by atoms with Crippen LogP contribution in [0, 0.1) is 5.92 Å². The molecule has 2 aromatic rings. The summed E-state index contributed by atoms with van der Waals surface area (Å²) in [5.41, 5.74) is 1.72. The van der Waals surface area contributed by atoms with Crippen LogP contribution in [-0.2, 0) is 16.1 Å². The van der Waals surface area contributed by atoms with Crippen LogP contribution in [0.15, 0.2) is 54.6 Å². The maximum atomic E-state index is 13.0. The number of hydrogen-bond acceptors (Lipinski definition) is 2. The summed E-state index contributed by atoms with van der Waals surface area (Å²) in [6.45, 7) is 6.40. The summed E-state index contributed by atoms with van der Waals surface area (Å²) in [6.07, 6.45) is 0. The van der Waals surface area contributed by atoms with E-state index < -0.39 is 6.04 Å². The number of rotatable bonds is 7. The second kappa shape index (κ2) is 9.39. The molecule has 5 heteroatoms. The van der Waals surface area contributed by atoms with Gasteiger partial charge in [-0.15, -0.1) is 0 Å². The van der Waals surface area contributed by atoms with Crippen molar-refractivity contribution >= 4 is 23.4 Å². The standard InChI is InChI=1S/C21H25ClN2O2/c1-4-23-20(25)19(17-8-6-5-7-9-17)24(21(26)15(2)3)14-16-10-12-18(22)13-11-16/h5-13,15,19H,4,14H2,1-3H3,(H,23,25)/t19-/m1/s1. The Hall–Kier alpha value is -2.33. The predicted octanol–water partition coefficient (Wildman–Crippen LogP) is 4.20. The van der Waals surface area contributed by atoms with Gasteiger partial charge < -0.3 is 10.2 Å². The number of benzene rings is 2. The topological polar surface area (TPSA) is 49.4 Å². The summed E-state index contributed by atoms with van der Waals surface area (Å²) in [5.74, 6) is -0.468. The zero-order valence-corrected chi connectivity index (χ0v) is 16.2. The minimum atomic E-state index is -0.679. The molecule has 138 valence electrons. The van der Waals surface area contributed by atoms with Crippen LogP contribution in [0.4, 0.5) is 0 Å². The van der Waals surface area contributed by atoms with Crippen LogP contribution in [-0.4, -0.2) is 23.3 Å². The van der Waals surface area contributed by atoms with Crippen molar-refractivity contribution in [3.05, 3.63) is 70.7 Å². The molecule has 4 nitrogen and oxygen atoms in total. The van der Waals surface area contributed by atoms with Crippen LogP contribution in [0.25, 0.3) is 0 Å². The number of amides is 2. The van der Waals surface area contributed by atoms with Crippen molar-refractivity contribution in [1.82, 2.24) is 10.2 Å². The van der Waals surface area contributed by atoms with Crippen molar-refractivity contribution in [2.24, 2.45) is 5.92 Å². The summed E-state index contributed by atoms with van der Waals surface area (Å²) in [4.78, 5) is 27.4. The van der Waals surface area contributed by atoms with Gasteiger partial charge in [-0.2, -0.15) is 0 Å². The third kappa shape index (κ3) is 5.09. The molecule has 2 aromatic carbocycles. The van der Waals surface area contributed by atoms with E-state index in [2.05, 4.69) is 5.32 Å². The molecule has 26 heavy (non-hydrogen) atoms. The second-order valence-electron chi connectivity index (χ2n) is 6.46. The van der Waals surface area contributed by atoms with Crippen LogP contribution in [0.3, 0.4) is 0 Å². The van der Waals surface area contributed by atoms with Gasteiger partial charge in [-0.1, -0.05) is 67.9 Å². The number of carbonyl (C=O) groups excluding carboxylic acids is 2. The highest BCUT2D eigenvalue weighted by atomic mass is 35.5. The number of halogens is 1. The number of nitrogens with one attached hydrogen (secondary N) is 1. The number of nitrogens with zero attached hydrogens (tertiary/aromatic N) is 1. The molecule has 0 saturated carbocycles. The number of likely N-dealkylation sites (N-methyl/N-ethyl adjacent to an activating group) is 1. The van der Waals surface area contributed by atoms with Crippen molar-refractivity contribution in [3.8, 4) is 0 Å². The van der Waals surface area contributed by atoms with Crippen molar-refractivity contribution in [3.63, 3.8) is 0 Å². The summed E-state index contributed by atoms with van der Waals surface area (Å²) in [6, 6.07) is 16.1. The van der Waals surface area contributed by atoms with E-state index in [0.29, 0.717) is 18.1 Å². The Kier molecular flexibility index (Phi) is 7.22. The lowest BCUT2D eigenvalue weighted by Gasteiger charge is -2.32. The van der Waals surface area contributed by atoms with E-state index in [1.165, 1.54) is 0 Å². The quantitative estimate of drug-likeness (QED) is 0.791. The molecule has 0 radical (unpaired) electrons. The summed E-state index contributed by atoms with van der Waals surface area (Å²) < 4.78 is 0. The fourth-order valence-corrected chi connectivity index (χ4v) is 2.92. The Labute approximate surface area is 160 Å².